The van der Waals surface area contributed by atoms with Crippen molar-refractivity contribution in [3.8, 4) is 0 Å². The number of allylic oxidation sites excluding steroid dienone is 11. The van der Waals surface area contributed by atoms with Crippen molar-refractivity contribution in [1.82, 2.24) is 5.32 Å². The van der Waals surface area contributed by atoms with Crippen LogP contribution >= 0.6 is 0 Å². The zero-order chi connectivity index (χ0) is 46.3. The maximum Gasteiger partial charge on any atom is 0.220 e. The standard InChI is InChI=1S/C60H109NO3/c1-3-5-7-9-11-13-15-17-19-21-22-23-24-25-26-27-28-29-30-31-32-33-34-35-36-37-38-40-42-44-46-48-50-52-54-56-60(64)61-58(57-62)59(63)55-53-51-49-47-45-43-41-39-20-18-16-14-12-10-8-6-4-2/h5,7,11,13,17,19,22-23,45,47,53,55,58-59,62-63H,3-4,6,8-10,12,14-16,18,20-21,24-44,46,48-52,54,56-57H2,1-2H3,(H,61,64)/b7-5-,13-11-,19-17-,23-22-,47-45+,55-53+. The third kappa shape index (κ3) is 50.8. The molecule has 0 saturated heterocycles. The summed E-state index contributed by atoms with van der Waals surface area (Å²) in [5.74, 6) is -0.0711. The number of aliphatic hydroxyl groups excluding tert-OH is 2. The lowest BCUT2D eigenvalue weighted by Crippen LogP contribution is -2.45. The Morgan fingerprint density at radius 1 is 0.391 bits per heavy atom. The van der Waals surface area contributed by atoms with Crippen molar-refractivity contribution in [2.24, 2.45) is 0 Å². The Kier molecular flexibility index (Phi) is 53.3. The van der Waals surface area contributed by atoms with Crippen LogP contribution in [0.2, 0.25) is 0 Å². The Morgan fingerprint density at radius 3 is 1.09 bits per heavy atom. The smallest absolute Gasteiger partial charge is 0.220 e. The van der Waals surface area contributed by atoms with Gasteiger partial charge in [-0.15, -0.1) is 0 Å². The fraction of sp³-hybridized carbons (Fsp3) is 0.783. The Labute approximate surface area is 399 Å². The van der Waals surface area contributed by atoms with Gasteiger partial charge < -0.3 is 15.5 Å². The second-order valence-corrected chi connectivity index (χ2v) is 19.0. The third-order valence-electron chi connectivity index (χ3n) is 12.7. The molecule has 2 atom stereocenters. The highest BCUT2D eigenvalue weighted by Crippen LogP contribution is 2.17. The first-order chi connectivity index (χ1) is 31.7. The van der Waals surface area contributed by atoms with Gasteiger partial charge in [0.2, 0.25) is 5.91 Å². The lowest BCUT2D eigenvalue weighted by molar-refractivity contribution is -0.123. The second kappa shape index (κ2) is 55.2. The molecule has 0 aliphatic carbocycles. The lowest BCUT2D eigenvalue weighted by atomic mass is 10.0. The van der Waals surface area contributed by atoms with Gasteiger partial charge in [0.15, 0.2) is 0 Å². The van der Waals surface area contributed by atoms with Crippen molar-refractivity contribution in [3.05, 3.63) is 72.9 Å². The van der Waals surface area contributed by atoms with Gasteiger partial charge in [0.25, 0.3) is 0 Å². The summed E-state index contributed by atoms with van der Waals surface area (Å²) in [6.07, 6.45) is 79.3. The average molecular weight is 893 g/mol. The predicted octanol–water partition coefficient (Wildman–Crippen LogP) is 18.6. The van der Waals surface area contributed by atoms with E-state index in [0.717, 1.165) is 57.8 Å². The topological polar surface area (TPSA) is 69.6 Å². The van der Waals surface area contributed by atoms with Gasteiger partial charge in [0.1, 0.15) is 0 Å². The molecule has 0 fully saturated rings. The first-order valence-corrected chi connectivity index (χ1v) is 28.2. The Balaban J connectivity index is 3.47. The van der Waals surface area contributed by atoms with Crippen molar-refractivity contribution in [1.29, 1.82) is 0 Å². The highest BCUT2D eigenvalue weighted by molar-refractivity contribution is 5.76. The number of carbonyl (C=O) groups is 1. The summed E-state index contributed by atoms with van der Waals surface area (Å²) in [6.45, 7) is 4.20. The zero-order valence-electron chi connectivity index (χ0n) is 42.8. The molecule has 0 spiro atoms. The molecule has 0 aromatic carbocycles. The van der Waals surface area contributed by atoms with Crippen molar-refractivity contribution in [3.63, 3.8) is 0 Å². The number of carbonyl (C=O) groups excluding carboxylic acids is 1. The van der Waals surface area contributed by atoms with E-state index in [9.17, 15) is 15.0 Å². The largest absolute Gasteiger partial charge is 0.394 e. The zero-order valence-corrected chi connectivity index (χ0v) is 42.8. The van der Waals surface area contributed by atoms with Crippen molar-refractivity contribution >= 4 is 5.91 Å². The SMILES string of the molecule is CC/C=C\C/C=C\C/C=C\C/C=C\CCCCCCCCCCCCCCCCCCCCCCCCC(=O)NC(CO)C(O)/C=C/CC/C=C/CCCCCCCCCCCCC. The Hall–Kier alpha value is -2.17. The molecule has 64 heavy (non-hydrogen) atoms. The Morgan fingerprint density at radius 2 is 0.703 bits per heavy atom. The van der Waals surface area contributed by atoms with Gasteiger partial charge in [-0.2, -0.15) is 0 Å². The van der Waals surface area contributed by atoms with Crippen LogP contribution in [0.15, 0.2) is 72.9 Å². The number of hydrogen-bond acceptors (Lipinski definition) is 3. The number of unbranched alkanes of at least 4 members (excludes halogenated alkanes) is 34. The van der Waals surface area contributed by atoms with Crippen LogP contribution in [0.1, 0.15) is 284 Å². The molecule has 372 valence electrons. The molecule has 4 nitrogen and oxygen atoms in total. The summed E-state index contributed by atoms with van der Waals surface area (Å²) in [5.41, 5.74) is 0. The van der Waals surface area contributed by atoms with Crippen molar-refractivity contribution in [2.75, 3.05) is 6.61 Å². The van der Waals surface area contributed by atoms with Crippen LogP contribution in [0.25, 0.3) is 0 Å². The van der Waals surface area contributed by atoms with Crippen LogP contribution < -0.4 is 5.32 Å². The minimum atomic E-state index is -0.863. The highest BCUT2D eigenvalue weighted by Gasteiger charge is 2.18. The summed E-state index contributed by atoms with van der Waals surface area (Å²) in [7, 11) is 0. The average Bonchev–Trinajstić information content (AvgIpc) is 3.30. The van der Waals surface area contributed by atoms with Gasteiger partial charge in [-0.3, -0.25) is 4.79 Å². The minimum absolute atomic E-state index is 0.0711. The molecular formula is C60H109NO3. The van der Waals surface area contributed by atoms with Gasteiger partial charge in [0.05, 0.1) is 18.8 Å². The maximum absolute atomic E-state index is 12.5. The molecule has 0 aromatic rings. The molecular weight excluding hydrogens is 783 g/mol. The monoisotopic (exact) mass is 892 g/mol. The summed E-state index contributed by atoms with van der Waals surface area (Å²) >= 11 is 0. The Bertz CT molecular complexity index is 1100. The van der Waals surface area contributed by atoms with Crippen LogP contribution in [0, 0.1) is 0 Å². The quantitative estimate of drug-likeness (QED) is 0.0421. The van der Waals surface area contributed by atoms with E-state index in [1.807, 2.05) is 6.08 Å². The molecule has 1 amide bonds. The van der Waals surface area contributed by atoms with Crippen LogP contribution in [0.3, 0.4) is 0 Å². The van der Waals surface area contributed by atoms with Crippen LogP contribution in [-0.2, 0) is 4.79 Å². The number of rotatable bonds is 51. The third-order valence-corrected chi connectivity index (χ3v) is 12.7. The van der Waals surface area contributed by atoms with E-state index in [-0.39, 0.29) is 12.5 Å². The summed E-state index contributed by atoms with van der Waals surface area (Å²) in [5, 5.41) is 23.1. The second-order valence-electron chi connectivity index (χ2n) is 19.0. The molecule has 0 aromatic heterocycles. The summed E-state index contributed by atoms with van der Waals surface area (Å²) < 4.78 is 0. The van der Waals surface area contributed by atoms with Crippen LogP contribution in [0.4, 0.5) is 0 Å². The molecule has 0 saturated carbocycles. The first-order valence-electron chi connectivity index (χ1n) is 28.2. The minimum Gasteiger partial charge on any atom is -0.394 e. The van der Waals surface area contributed by atoms with Gasteiger partial charge in [0, 0.05) is 6.42 Å². The lowest BCUT2D eigenvalue weighted by Gasteiger charge is -2.19. The molecule has 4 heteroatoms. The van der Waals surface area contributed by atoms with Gasteiger partial charge in [-0.05, 0) is 70.6 Å². The summed E-state index contributed by atoms with van der Waals surface area (Å²) in [6, 6.07) is -0.640. The fourth-order valence-corrected chi connectivity index (χ4v) is 8.42. The molecule has 0 rings (SSSR count). The highest BCUT2D eigenvalue weighted by atomic mass is 16.3. The predicted molar refractivity (Wildman–Crippen MR) is 285 cm³/mol. The fourth-order valence-electron chi connectivity index (χ4n) is 8.42. The van der Waals surface area contributed by atoms with E-state index in [0.29, 0.717) is 6.42 Å². The molecule has 3 N–H and O–H groups in total. The number of hydrogen-bond donors (Lipinski definition) is 3. The van der Waals surface area contributed by atoms with E-state index in [1.54, 1.807) is 6.08 Å². The van der Waals surface area contributed by atoms with E-state index >= 15 is 0 Å². The molecule has 0 radical (unpaired) electrons. The van der Waals surface area contributed by atoms with E-state index in [2.05, 4.69) is 79.9 Å². The number of nitrogens with one attached hydrogen (secondary N) is 1. The van der Waals surface area contributed by atoms with Crippen molar-refractivity contribution in [2.45, 2.75) is 296 Å². The molecule has 0 aliphatic heterocycles. The van der Waals surface area contributed by atoms with E-state index in [4.69, 9.17) is 0 Å². The van der Waals surface area contributed by atoms with Gasteiger partial charge in [-0.25, -0.2) is 0 Å². The molecule has 0 bridgehead atoms. The molecule has 0 heterocycles. The van der Waals surface area contributed by atoms with Crippen LogP contribution in [0.5, 0.6) is 0 Å². The van der Waals surface area contributed by atoms with Crippen LogP contribution in [-0.4, -0.2) is 34.9 Å². The van der Waals surface area contributed by atoms with E-state index < -0.39 is 12.1 Å². The summed E-state index contributed by atoms with van der Waals surface area (Å²) in [4.78, 5) is 12.5. The molecule has 2 unspecified atom stereocenters. The van der Waals surface area contributed by atoms with Gasteiger partial charge in [-0.1, -0.05) is 279 Å². The molecule has 0 aliphatic rings. The number of aliphatic hydroxyl groups is 2. The van der Waals surface area contributed by atoms with E-state index in [1.165, 1.54) is 205 Å². The maximum atomic E-state index is 12.5. The number of amides is 1. The van der Waals surface area contributed by atoms with Crippen molar-refractivity contribution < 1.29 is 15.0 Å². The normalized spacial score (nSPS) is 13.4. The van der Waals surface area contributed by atoms with Gasteiger partial charge >= 0.3 is 0 Å². The first kappa shape index (κ1) is 61.8.